The molecule has 2 heterocycles. The predicted molar refractivity (Wildman–Crippen MR) is 168 cm³/mol. The van der Waals surface area contributed by atoms with Crippen molar-refractivity contribution in [2.24, 2.45) is 0 Å². The van der Waals surface area contributed by atoms with Crippen molar-refractivity contribution >= 4 is 17.5 Å². The van der Waals surface area contributed by atoms with Gasteiger partial charge in [0, 0.05) is 35.3 Å². The van der Waals surface area contributed by atoms with Crippen molar-refractivity contribution in [2.45, 2.75) is 44.4 Å². The molecular weight excluding hydrogens is 653 g/mol. The van der Waals surface area contributed by atoms with Crippen LogP contribution in [0.15, 0.2) is 59.9 Å². The molecular formula is C35H32F5N3O6. The zero-order valence-electron chi connectivity index (χ0n) is 26.7. The molecule has 0 aromatic heterocycles. The summed E-state index contributed by atoms with van der Waals surface area (Å²) in [6, 6.07) is 9.58. The summed E-state index contributed by atoms with van der Waals surface area (Å²) in [6.07, 6.45) is -3.92. The van der Waals surface area contributed by atoms with Gasteiger partial charge in [-0.3, -0.25) is 14.6 Å². The van der Waals surface area contributed by atoms with Gasteiger partial charge in [0.05, 0.1) is 44.0 Å². The number of aliphatic hydroxyl groups is 2. The summed E-state index contributed by atoms with van der Waals surface area (Å²) < 4.78 is 82.4. The lowest BCUT2D eigenvalue weighted by atomic mass is 9.90. The molecule has 5 rings (SSSR count). The van der Waals surface area contributed by atoms with Gasteiger partial charge in [-0.15, -0.1) is 0 Å². The first-order valence-electron chi connectivity index (χ1n) is 15.1. The molecule has 258 valence electrons. The van der Waals surface area contributed by atoms with Crippen molar-refractivity contribution in [3.63, 3.8) is 0 Å². The summed E-state index contributed by atoms with van der Waals surface area (Å²) >= 11 is 0. The lowest BCUT2D eigenvalue weighted by Crippen LogP contribution is -2.60. The Bertz CT molecular complexity index is 1900. The number of aliphatic hydroxyl groups excluding tert-OH is 2. The molecule has 0 radical (unpaired) electrons. The lowest BCUT2D eigenvalue weighted by Gasteiger charge is -2.46. The molecule has 0 aliphatic carbocycles. The minimum Gasteiger partial charge on any atom is -0.509 e. The van der Waals surface area contributed by atoms with Crippen LogP contribution in [0.5, 0.6) is 11.5 Å². The second kappa shape index (κ2) is 13.8. The molecule has 3 aromatic carbocycles. The van der Waals surface area contributed by atoms with Crippen molar-refractivity contribution in [2.75, 3.05) is 32.7 Å². The number of para-hydroxylation sites is 1. The first-order valence-corrected chi connectivity index (χ1v) is 15.1. The minimum absolute atomic E-state index is 0.0559. The highest BCUT2D eigenvalue weighted by Crippen LogP contribution is 2.45. The number of hydrogen-bond donors (Lipinski definition) is 3. The Morgan fingerprint density at radius 2 is 1.82 bits per heavy atom. The summed E-state index contributed by atoms with van der Waals surface area (Å²) in [6.45, 7) is 1.06. The third-order valence-electron chi connectivity index (χ3n) is 8.55. The van der Waals surface area contributed by atoms with Gasteiger partial charge in [0.1, 0.15) is 11.3 Å². The molecule has 1 saturated heterocycles. The number of alkyl halides is 3. The van der Waals surface area contributed by atoms with E-state index in [0.717, 1.165) is 23.2 Å². The summed E-state index contributed by atoms with van der Waals surface area (Å²) in [5.74, 6) is -0.0193. The molecule has 2 aliphatic heterocycles. The molecule has 3 N–H and O–H groups in total. The van der Waals surface area contributed by atoms with E-state index in [-0.39, 0.29) is 59.0 Å². The largest absolute Gasteiger partial charge is 0.509 e. The van der Waals surface area contributed by atoms with Crippen LogP contribution in [0.1, 0.15) is 42.9 Å². The number of anilines is 1. The van der Waals surface area contributed by atoms with Crippen LogP contribution in [0, 0.1) is 23.5 Å². The second-order valence-corrected chi connectivity index (χ2v) is 11.5. The molecule has 2 aliphatic rings. The van der Waals surface area contributed by atoms with Crippen molar-refractivity contribution in [1.29, 1.82) is 0 Å². The number of hydrogen-bond acceptors (Lipinski definition) is 7. The number of fused-ring (bicyclic) bond motifs is 1. The van der Waals surface area contributed by atoms with Gasteiger partial charge in [-0.05, 0) is 50.1 Å². The molecule has 1 fully saturated rings. The molecule has 9 nitrogen and oxygen atoms in total. The number of carbonyl (C=O) groups is 2. The van der Waals surface area contributed by atoms with E-state index in [0.29, 0.717) is 12.8 Å². The van der Waals surface area contributed by atoms with E-state index >= 15 is 4.39 Å². The van der Waals surface area contributed by atoms with Gasteiger partial charge in [-0.1, -0.05) is 30.0 Å². The number of carbonyl (C=O) groups excluding carboxylic acids is 2. The van der Waals surface area contributed by atoms with Gasteiger partial charge in [0.15, 0.2) is 23.1 Å². The van der Waals surface area contributed by atoms with Gasteiger partial charge in [-0.2, -0.15) is 13.2 Å². The van der Waals surface area contributed by atoms with E-state index in [2.05, 4.69) is 17.2 Å². The average molecular weight is 686 g/mol. The number of halogens is 5. The van der Waals surface area contributed by atoms with Gasteiger partial charge in [0.2, 0.25) is 0 Å². The number of ether oxygens (including phenoxy) is 2. The Morgan fingerprint density at radius 1 is 1.06 bits per heavy atom. The monoisotopic (exact) mass is 685 g/mol. The molecule has 3 aromatic rings. The Morgan fingerprint density at radius 3 is 2.49 bits per heavy atom. The zero-order valence-corrected chi connectivity index (χ0v) is 26.7. The van der Waals surface area contributed by atoms with E-state index in [1.807, 2.05) is 0 Å². The second-order valence-electron chi connectivity index (χ2n) is 11.5. The maximum Gasteiger partial charge on any atom is 0.416 e. The number of methoxy groups -OCH3 is 2. The van der Waals surface area contributed by atoms with E-state index < -0.39 is 58.6 Å². The number of amides is 2. The van der Waals surface area contributed by atoms with E-state index in [1.165, 1.54) is 49.6 Å². The van der Waals surface area contributed by atoms with Crippen LogP contribution >= 0.6 is 0 Å². The van der Waals surface area contributed by atoms with Crippen molar-refractivity contribution in [1.82, 2.24) is 10.0 Å². The smallest absolute Gasteiger partial charge is 0.416 e. The summed E-state index contributed by atoms with van der Waals surface area (Å²) in [4.78, 5) is 27.9. The SMILES string of the molecule is COc1cccc(-c2cc(C(F)(F)F)ccc2NC(=O)C2=C(O)C3(C)CCCN3N(Cc3ccc(C#CCCO)c(F)c3F)C2=O)c1OC. The number of nitrogens with zero attached hydrogens (tertiary/aromatic N) is 2. The summed E-state index contributed by atoms with van der Waals surface area (Å²) in [5, 5.41) is 25.3. The quantitative estimate of drug-likeness (QED) is 0.152. The normalized spacial score (nSPS) is 17.8. The Kier molecular flexibility index (Phi) is 9.89. The van der Waals surface area contributed by atoms with E-state index in [1.54, 1.807) is 6.92 Å². The number of hydrazine groups is 1. The van der Waals surface area contributed by atoms with Gasteiger partial charge < -0.3 is 25.0 Å². The number of benzene rings is 3. The highest BCUT2D eigenvalue weighted by atomic mass is 19.4. The minimum atomic E-state index is -4.75. The molecule has 0 bridgehead atoms. The first kappa shape index (κ1) is 35.2. The first-order chi connectivity index (χ1) is 23.3. The fourth-order valence-corrected chi connectivity index (χ4v) is 6.07. The fraction of sp³-hybridized carbons (Fsp3) is 0.314. The highest BCUT2D eigenvalue weighted by Gasteiger charge is 2.53. The van der Waals surface area contributed by atoms with Crippen LogP contribution in [0.2, 0.25) is 0 Å². The Balaban J connectivity index is 1.55. The zero-order chi connectivity index (χ0) is 35.7. The third kappa shape index (κ3) is 6.51. The fourth-order valence-electron chi connectivity index (χ4n) is 6.07. The average Bonchev–Trinajstić information content (AvgIpc) is 3.48. The Labute approximate surface area is 278 Å². The number of rotatable bonds is 8. The third-order valence-corrected chi connectivity index (χ3v) is 8.55. The molecule has 0 saturated carbocycles. The van der Waals surface area contributed by atoms with Crippen molar-refractivity contribution in [3.8, 4) is 34.5 Å². The molecule has 0 spiro atoms. The van der Waals surface area contributed by atoms with E-state index in [4.69, 9.17) is 14.6 Å². The van der Waals surface area contributed by atoms with Crippen LogP contribution in [0.25, 0.3) is 11.1 Å². The molecule has 1 unspecified atom stereocenters. The van der Waals surface area contributed by atoms with Crippen LogP contribution in [0.3, 0.4) is 0 Å². The van der Waals surface area contributed by atoms with Gasteiger partial charge in [-0.25, -0.2) is 13.8 Å². The van der Waals surface area contributed by atoms with E-state index in [9.17, 15) is 32.3 Å². The Hall–Kier alpha value is -5.13. The molecule has 2 amide bonds. The van der Waals surface area contributed by atoms with Crippen LogP contribution in [-0.4, -0.2) is 65.0 Å². The van der Waals surface area contributed by atoms with Crippen LogP contribution in [0.4, 0.5) is 27.6 Å². The molecule has 1 atom stereocenters. The van der Waals surface area contributed by atoms with Crippen LogP contribution in [-0.2, 0) is 22.3 Å². The topological polar surface area (TPSA) is 112 Å². The summed E-state index contributed by atoms with van der Waals surface area (Å²) in [7, 11) is 2.65. The lowest BCUT2D eigenvalue weighted by molar-refractivity contribution is -0.160. The molecule has 14 heteroatoms. The number of nitrogens with one attached hydrogen (secondary N) is 1. The van der Waals surface area contributed by atoms with Crippen LogP contribution < -0.4 is 14.8 Å². The van der Waals surface area contributed by atoms with Crippen molar-refractivity contribution in [3.05, 3.63) is 88.2 Å². The van der Waals surface area contributed by atoms with Gasteiger partial charge >= 0.3 is 6.18 Å². The van der Waals surface area contributed by atoms with Crippen molar-refractivity contribution < 1.29 is 51.2 Å². The maximum atomic E-state index is 15.3. The van der Waals surface area contributed by atoms with Gasteiger partial charge in [0.25, 0.3) is 11.8 Å². The maximum absolute atomic E-state index is 15.3. The predicted octanol–water partition coefficient (Wildman–Crippen LogP) is 5.96. The summed E-state index contributed by atoms with van der Waals surface area (Å²) in [5.41, 5.74) is -3.63. The highest BCUT2D eigenvalue weighted by molar-refractivity contribution is 6.24. The molecule has 49 heavy (non-hydrogen) atoms. The standard InChI is InChI=1S/C35H32F5N3O6/c1-34-15-7-16-43(34)42(19-21-12-11-20(8-4-5-17-44)28(36)29(21)37)33(47)27(31(34)45)32(46)41-25-14-13-22(35(38,39)40)18-24(25)23-9-6-10-26(48-2)30(23)49-3/h6,9-14,18,44-45H,5,7,15-17,19H2,1-3H3,(H,41,46).